The maximum absolute atomic E-state index is 12.3. The Kier molecular flexibility index (Phi) is 4.12. The summed E-state index contributed by atoms with van der Waals surface area (Å²) in [5.74, 6) is 1.49. The molecule has 0 radical (unpaired) electrons. The molecule has 0 saturated carbocycles. The van der Waals surface area contributed by atoms with Gasteiger partial charge in [-0.1, -0.05) is 46.3 Å². The number of fused-ring (bicyclic) bond motifs is 1. The molecule has 4 rings (SSSR count). The maximum Gasteiger partial charge on any atom is 0.221 e. The number of benzene rings is 2. The Morgan fingerprint density at radius 3 is 2.52 bits per heavy atom. The third-order valence-electron chi connectivity index (χ3n) is 3.82. The number of furan rings is 2. The van der Waals surface area contributed by atoms with E-state index in [1.54, 1.807) is 12.1 Å². The van der Waals surface area contributed by atoms with E-state index in [4.69, 9.17) is 8.83 Å². The third-order valence-corrected chi connectivity index (χ3v) is 4.35. The Bertz CT molecular complexity index is 1030. The summed E-state index contributed by atoms with van der Waals surface area (Å²) < 4.78 is 12.4. The molecule has 4 aromatic rings. The van der Waals surface area contributed by atoms with Gasteiger partial charge in [0, 0.05) is 15.4 Å². The standard InChI is InChI=1S/C21H13BrO3/c22-16-7-5-14(6-8-16)20-12-10-17(24-20)9-11-18(23)21-13-15-3-1-2-4-19(15)25-21/h1-13H/b11-9+. The minimum absolute atomic E-state index is 0.196. The van der Waals surface area contributed by atoms with Gasteiger partial charge in [-0.15, -0.1) is 0 Å². The van der Waals surface area contributed by atoms with Crippen LogP contribution in [0.1, 0.15) is 16.3 Å². The number of rotatable bonds is 4. The molecule has 0 aliphatic carbocycles. The van der Waals surface area contributed by atoms with Gasteiger partial charge in [0.15, 0.2) is 5.76 Å². The van der Waals surface area contributed by atoms with E-state index in [2.05, 4.69) is 15.9 Å². The van der Waals surface area contributed by atoms with Crippen molar-refractivity contribution in [1.82, 2.24) is 0 Å². The Morgan fingerprint density at radius 2 is 1.72 bits per heavy atom. The molecule has 4 heteroatoms. The average molecular weight is 393 g/mol. The molecule has 0 amide bonds. The molecule has 0 aliphatic heterocycles. The van der Waals surface area contributed by atoms with Gasteiger partial charge in [-0.2, -0.15) is 0 Å². The first-order chi connectivity index (χ1) is 12.2. The second-order valence-electron chi connectivity index (χ2n) is 5.55. The summed E-state index contributed by atoms with van der Waals surface area (Å²) in [5.41, 5.74) is 1.68. The van der Waals surface area contributed by atoms with Crippen molar-refractivity contribution in [2.24, 2.45) is 0 Å². The van der Waals surface area contributed by atoms with Gasteiger partial charge in [-0.05, 0) is 48.6 Å². The minimum Gasteiger partial charge on any atom is -0.457 e. The van der Waals surface area contributed by atoms with E-state index in [1.165, 1.54) is 6.08 Å². The monoisotopic (exact) mass is 392 g/mol. The van der Waals surface area contributed by atoms with Crippen molar-refractivity contribution in [3.63, 3.8) is 0 Å². The largest absolute Gasteiger partial charge is 0.457 e. The lowest BCUT2D eigenvalue weighted by Gasteiger charge is -1.96. The van der Waals surface area contributed by atoms with Gasteiger partial charge in [-0.3, -0.25) is 4.79 Å². The van der Waals surface area contributed by atoms with E-state index in [0.717, 1.165) is 21.2 Å². The van der Waals surface area contributed by atoms with Crippen LogP contribution >= 0.6 is 15.9 Å². The lowest BCUT2D eigenvalue weighted by molar-refractivity contribution is 0.102. The number of hydrogen-bond donors (Lipinski definition) is 0. The van der Waals surface area contributed by atoms with Gasteiger partial charge < -0.3 is 8.83 Å². The zero-order chi connectivity index (χ0) is 17.2. The number of hydrogen-bond acceptors (Lipinski definition) is 3. The zero-order valence-corrected chi connectivity index (χ0v) is 14.7. The van der Waals surface area contributed by atoms with Gasteiger partial charge in [0.2, 0.25) is 5.78 Å². The fourth-order valence-electron chi connectivity index (χ4n) is 2.55. The van der Waals surface area contributed by atoms with Crippen molar-refractivity contribution in [1.29, 1.82) is 0 Å². The zero-order valence-electron chi connectivity index (χ0n) is 13.1. The Morgan fingerprint density at radius 1 is 0.920 bits per heavy atom. The number of carbonyl (C=O) groups is 1. The van der Waals surface area contributed by atoms with Crippen molar-refractivity contribution in [3.05, 3.63) is 88.8 Å². The van der Waals surface area contributed by atoms with Gasteiger partial charge in [0.05, 0.1) is 0 Å². The topological polar surface area (TPSA) is 43.4 Å². The molecule has 0 aliphatic rings. The smallest absolute Gasteiger partial charge is 0.221 e. The molecular formula is C21H13BrO3. The van der Waals surface area contributed by atoms with Crippen LogP contribution in [0.25, 0.3) is 28.4 Å². The van der Waals surface area contributed by atoms with E-state index >= 15 is 0 Å². The Labute approximate surface area is 152 Å². The predicted molar refractivity (Wildman–Crippen MR) is 101 cm³/mol. The van der Waals surface area contributed by atoms with Gasteiger partial charge in [0.1, 0.15) is 17.1 Å². The molecule has 0 atom stereocenters. The van der Waals surface area contributed by atoms with Crippen molar-refractivity contribution >= 4 is 38.8 Å². The van der Waals surface area contributed by atoms with Crippen LogP contribution in [0.5, 0.6) is 0 Å². The van der Waals surface area contributed by atoms with E-state index < -0.39 is 0 Å². The summed E-state index contributed by atoms with van der Waals surface area (Å²) >= 11 is 3.41. The summed E-state index contributed by atoms with van der Waals surface area (Å²) in [6.07, 6.45) is 3.11. The second-order valence-corrected chi connectivity index (χ2v) is 6.47. The third kappa shape index (κ3) is 3.35. The van der Waals surface area contributed by atoms with Crippen LogP contribution in [0, 0.1) is 0 Å². The van der Waals surface area contributed by atoms with Crippen LogP contribution in [0.2, 0.25) is 0 Å². The van der Waals surface area contributed by atoms with Crippen LogP contribution in [-0.4, -0.2) is 5.78 Å². The SMILES string of the molecule is O=C(/C=C/c1ccc(-c2ccc(Br)cc2)o1)c1cc2ccccc2o1. The summed E-state index contributed by atoms with van der Waals surface area (Å²) in [4.78, 5) is 12.3. The van der Waals surface area contributed by atoms with Crippen LogP contribution in [0.3, 0.4) is 0 Å². The molecule has 3 nitrogen and oxygen atoms in total. The molecule has 2 aromatic carbocycles. The van der Waals surface area contributed by atoms with E-state index in [9.17, 15) is 4.79 Å². The van der Waals surface area contributed by atoms with Crippen LogP contribution in [0.15, 0.2) is 86.1 Å². The maximum atomic E-state index is 12.3. The van der Waals surface area contributed by atoms with Crippen LogP contribution in [0.4, 0.5) is 0 Å². The van der Waals surface area contributed by atoms with E-state index in [1.807, 2.05) is 60.7 Å². The first-order valence-corrected chi connectivity index (χ1v) is 8.55. The molecule has 0 N–H and O–H groups in total. The number of carbonyl (C=O) groups excluding carboxylic acids is 1. The molecule has 25 heavy (non-hydrogen) atoms. The normalized spacial score (nSPS) is 11.4. The molecule has 122 valence electrons. The fourth-order valence-corrected chi connectivity index (χ4v) is 2.82. The molecule has 0 unspecified atom stereocenters. The summed E-state index contributed by atoms with van der Waals surface area (Å²) in [6, 6.07) is 20.9. The second kappa shape index (κ2) is 6.57. The number of para-hydroxylation sites is 1. The van der Waals surface area contributed by atoms with Crippen molar-refractivity contribution in [3.8, 4) is 11.3 Å². The van der Waals surface area contributed by atoms with Gasteiger partial charge >= 0.3 is 0 Å². The highest BCUT2D eigenvalue weighted by Gasteiger charge is 2.09. The Hall–Kier alpha value is -2.85. The van der Waals surface area contributed by atoms with Gasteiger partial charge in [0.25, 0.3) is 0 Å². The van der Waals surface area contributed by atoms with Crippen molar-refractivity contribution in [2.75, 3.05) is 0 Å². The van der Waals surface area contributed by atoms with E-state index in [0.29, 0.717) is 17.1 Å². The average Bonchev–Trinajstić information content (AvgIpc) is 3.27. The van der Waals surface area contributed by atoms with E-state index in [-0.39, 0.29) is 5.78 Å². The van der Waals surface area contributed by atoms with Crippen molar-refractivity contribution in [2.45, 2.75) is 0 Å². The molecule has 0 saturated heterocycles. The predicted octanol–water partition coefficient (Wildman–Crippen LogP) is 6.35. The summed E-state index contributed by atoms with van der Waals surface area (Å²) in [7, 11) is 0. The van der Waals surface area contributed by atoms with Crippen molar-refractivity contribution < 1.29 is 13.6 Å². The van der Waals surface area contributed by atoms with Gasteiger partial charge in [-0.25, -0.2) is 0 Å². The summed E-state index contributed by atoms with van der Waals surface area (Å²) in [6.45, 7) is 0. The molecular weight excluding hydrogens is 380 g/mol. The lowest BCUT2D eigenvalue weighted by atomic mass is 10.2. The molecule has 0 bridgehead atoms. The highest BCUT2D eigenvalue weighted by Crippen LogP contribution is 2.25. The number of ketones is 1. The first-order valence-electron chi connectivity index (χ1n) is 7.76. The quantitative estimate of drug-likeness (QED) is 0.300. The molecule has 2 aromatic heterocycles. The fraction of sp³-hybridized carbons (Fsp3) is 0. The molecule has 0 fully saturated rings. The Balaban J connectivity index is 1.53. The number of halogens is 1. The summed E-state index contributed by atoms with van der Waals surface area (Å²) in [5, 5.41) is 0.912. The van der Waals surface area contributed by atoms with Crippen LogP contribution < -0.4 is 0 Å². The minimum atomic E-state index is -0.196. The highest BCUT2D eigenvalue weighted by atomic mass is 79.9. The van der Waals surface area contributed by atoms with Crippen LogP contribution in [-0.2, 0) is 0 Å². The molecule has 2 heterocycles. The molecule has 0 spiro atoms. The number of allylic oxidation sites excluding steroid dienone is 1. The highest BCUT2D eigenvalue weighted by molar-refractivity contribution is 9.10. The lowest BCUT2D eigenvalue weighted by Crippen LogP contribution is -1.89. The first kappa shape index (κ1) is 15.7.